The number of carbonyl (C=O) groups is 2. The summed E-state index contributed by atoms with van der Waals surface area (Å²) >= 11 is 0. The molecule has 0 N–H and O–H groups in total. The van der Waals surface area contributed by atoms with Gasteiger partial charge in [-0.1, -0.05) is 12.2 Å². The fraction of sp³-hybridized carbons (Fsp3) is 0.765. The zero-order valence-electron chi connectivity index (χ0n) is 14.3. The number of fused-ring (bicyclic) bond motifs is 1. The molecule has 0 radical (unpaired) electrons. The van der Waals surface area contributed by atoms with Crippen LogP contribution in [-0.4, -0.2) is 85.3 Å². The highest BCUT2D eigenvalue weighted by Gasteiger charge is 2.47. The first kappa shape index (κ1) is 17.2. The van der Waals surface area contributed by atoms with Gasteiger partial charge in [-0.15, -0.1) is 0 Å². The van der Waals surface area contributed by atoms with Crippen LogP contribution in [0.5, 0.6) is 0 Å². The smallest absolute Gasteiger partial charge is 0.234 e. The SMILES string of the molecule is O=C1[C@H]2CC=CC[C@H]2C(=O)N1CN1CCN([C@H]2CCS(=O)(=O)C2)CC1. The number of rotatable bonds is 3. The van der Waals surface area contributed by atoms with E-state index in [-0.39, 0.29) is 35.4 Å². The number of likely N-dealkylation sites (tertiary alicyclic amines) is 1. The molecular weight excluding hydrogens is 342 g/mol. The van der Waals surface area contributed by atoms with Crippen molar-refractivity contribution in [3.8, 4) is 0 Å². The minimum atomic E-state index is -2.86. The lowest BCUT2D eigenvalue weighted by Gasteiger charge is -2.38. The number of carbonyl (C=O) groups excluding carboxylic acids is 2. The molecule has 0 aromatic rings. The first-order valence-corrected chi connectivity index (χ1v) is 10.9. The van der Waals surface area contributed by atoms with Crippen molar-refractivity contribution in [2.24, 2.45) is 11.8 Å². The zero-order valence-corrected chi connectivity index (χ0v) is 15.2. The molecule has 0 saturated carbocycles. The summed E-state index contributed by atoms with van der Waals surface area (Å²) < 4.78 is 23.3. The predicted molar refractivity (Wildman–Crippen MR) is 92.3 cm³/mol. The molecule has 4 aliphatic rings. The molecule has 4 rings (SSSR count). The molecule has 8 heteroatoms. The van der Waals surface area contributed by atoms with Gasteiger partial charge in [-0.05, 0) is 19.3 Å². The van der Waals surface area contributed by atoms with Crippen molar-refractivity contribution in [1.82, 2.24) is 14.7 Å². The van der Waals surface area contributed by atoms with Crippen LogP contribution in [-0.2, 0) is 19.4 Å². The van der Waals surface area contributed by atoms with Gasteiger partial charge in [-0.2, -0.15) is 0 Å². The molecule has 0 spiro atoms. The van der Waals surface area contributed by atoms with E-state index in [1.807, 2.05) is 12.2 Å². The van der Waals surface area contributed by atoms with E-state index in [0.29, 0.717) is 25.3 Å². The Kier molecular flexibility index (Phi) is 4.45. The van der Waals surface area contributed by atoms with Crippen LogP contribution in [0.2, 0.25) is 0 Å². The van der Waals surface area contributed by atoms with Crippen molar-refractivity contribution >= 4 is 21.7 Å². The van der Waals surface area contributed by atoms with Gasteiger partial charge in [0.15, 0.2) is 9.84 Å². The normalized spacial score (nSPS) is 36.2. The molecule has 3 saturated heterocycles. The molecule has 0 unspecified atom stereocenters. The van der Waals surface area contributed by atoms with Crippen molar-refractivity contribution in [2.45, 2.75) is 25.3 Å². The highest BCUT2D eigenvalue weighted by atomic mass is 32.2. The summed E-state index contributed by atoms with van der Waals surface area (Å²) in [5.41, 5.74) is 0. The van der Waals surface area contributed by atoms with E-state index < -0.39 is 9.84 Å². The molecule has 3 aliphatic heterocycles. The van der Waals surface area contributed by atoms with E-state index in [1.54, 1.807) is 0 Å². The fourth-order valence-electron chi connectivity index (χ4n) is 4.54. The van der Waals surface area contributed by atoms with Crippen LogP contribution < -0.4 is 0 Å². The molecule has 0 aromatic carbocycles. The maximum absolute atomic E-state index is 12.5. The van der Waals surface area contributed by atoms with Crippen molar-refractivity contribution in [3.05, 3.63) is 12.2 Å². The average molecular weight is 367 g/mol. The minimum Gasteiger partial charge on any atom is -0.297 e. The summed E-state index contributed by atoms with van der Waals surface area (Å²) in [5.74, 6) is 0.190. The molecule has 0 bridgehead atoms. The Morgan fingerprint density at radius 2 is 1.56 bits per heavy atom. The Bertz CT molecular complexity index is 671. The third-order valence-electron chi connectivity index (χ3n) is 6.07. The van der Waals surface area contributed by atoms with Crippen molar-refractivity contribution < 1.29 is 18.0 Å². The molecular formula is C17H25N3O4S. The Labute approximate surface area is 148 Å². The Hall–Kier alpha value is -1.25. The number of amides is 2. The number of imide groups is 1. The second kappa shape index (κ2) is 6.48. The molecule has 1 aliphatic carbocycles. The molecule has 3 atom stereocenters. The first-order valence-electron chi connectivity index (χ1n) is 9.12. The van der Waals surface area contributed by atoms with Crippen LogP contribution in [0.15, 0.2) is 12.2 Å². The van der Waals surface area contributed by atoms with Crippen molar-refractivity contribution in [2.75, 3.05) is 44.4 Å². The number of allylic oxidation sites excluding steroid dienone is 2. The van der Waals surface area contributed by atoms with Crippen LogP contribution in [0, 0.1) is 11.8 Å². The van der Waals surface area contributed by atoms with Crippen LogP contribution in [0.4, 0.5) is 0 Å². The van der Waals surface area contributed by atoms with Crippen molar-refractivity contribution in [1.29, 1.82) is 0 Å². The molecule has 2 amide bonds. The molecule has 3 fully saturated rings. The van der Waals surface area contributed by atoms with Gasteiger partial charge in [0.2, 0.25) is 11.8 Å². The van der Waals surface area contributed by atoms with Gasteiger partial charge >= 0.3 is 0 Å². The van der Waals surface area contributed by atoms with Crippen LogP contribution in [0.25, 0.3) is 0 Å². The van der Waals surface area contributed by atoms with Gasteiger partial charge in [0.25, 0.3) is 0 Å². The van der Waals surface area contributed by atoms with Crippen molar-refractivity contribution in [3.63, 3.8) is 0 Å². The fourth-order valence-corrected chi connectivity index (χ4v) is 6.30. The third kappa shape index (κ3) is 3.27. The monoisotopic (exact) mass is 367 g/mol. The zero-order chi connectivity index (χ0) is 17.6. The number of nitrogens with zero attached hydrogens (tertiary/aromatic N) is 3. The Morgan fingerprint density at radius 1 is 0.960 bits per heavy atom. The van der Waals surface area contributed by atoms with E-state index in [2.05, 4.69) is 9.80 Å². The molecule has 0 aromatic heterocycles. The van der Waals surface area contributed by atoms with Gasteiger partial charge in [0.1, 0.15) is 0 Å². The number of hydrogen-bond acceptors (Lipinski definition) is 6. The first-order chi connectivity index (χ1) is 11.9. The van der Waals surface area contributed by atoms with E-state index in [9.17, 15) is 18.0 Å². The standard InChI is InChI=1S/C17H25N3O4S/c21-16-14-3-1-2-4-15(14)17(22)20(16)12-18-6-8-19(9-7-18)13-5-10-25(23,24)11-13/h1-2,13-15H,3-12H2/t13-,14-,15+/m0/s1. The number of hydrogen-bond donors (Lipinski definition) is 0. The van der Waals surface area contributed by atoms with E-state index in [1.165, 1.54) is 4.90 Å². The van der Waals surface area contributed by atoms with Gasteiger partial charge in [0, 0.05) is 32.2 Å². The topological polar surface area (TPSA) is 78.0 Å². The number of sulfone groups is 1. The van der Waals surface area contributed by atoms with Crippen LogP contribution >= 0.6 is 0 Å². The molecule has 3 heterocycles. The number of piperazine rings is 1. The molecule has 138 valence electrons. The lowest BCUT2D eigenvalue weighted by Crippen LogP contribution is -2.53. The second-order valence-electron chi connectivity index (χ2n) is 7.61. The van der Waals surface area contributed by atoms with Crippen LogP contribution in [0.3, 0.4) is 0 Å². The highest BCUT2D eigenvalue weighted by molar-refractivity contribution is 7.91. The van der Waals surface area contributed by atoms with Gasteiger partial charge < -0.3 is 0 Å². The van der Waals surface area contributed by atoms with Gasteiger partial charge in [0.05, 0.1) is 30.0 Å². The lowest BCUT2D eigenvalue weighted by molar-refractivity contribution is -0.142. The minimum absolute atomic E-state index is 0.0244. The summed E-state index contributed by atoms with van der Waals surface area (Å²) in [6.07, 6.45) is 6.08. The maximum Gasteiger partial charge on any atom is 0.234 e. The molecule has 25 heavy (non-hydrogen) atoms. The summed E-state index contributed by atoms with van der Waals surface area (Å²) in [5, 5.41) is 0. The summed E-state index contributed by atoms with van der Waals surface area (Å²) in [6.45, 7) is 3.50. The predicted octanol–water partition coefficient (Wildman–Crippen LogP) is -0.300. The van der Waals surface area contributed by atoms with Crippen LogP contribution in [0.1, 0.15) is 19.3 Å². The maximum atomic E-state index is 12.5. The summed E-state index contributed by atoms with van der Waals surface area (Å²) in [4.78, 5) is 30.9. The van der Waals surface area contributed by atoms with E-state index in [0.717, 1.165) is 32.6 Å². The Balaban J connectivity index is 1.32. The largest absolute Gasteiger partial charge is 0.297 e. The van der Waals surface area contributed by atoms with E-state index in [4.69, 9.17) is 0 Å². The summed E-state index contributed by atoms with van der Waals surface area (Å²) in [7, 11) is -2.86. The lowest BCUT2D eigenvalue weighted by atomic mass is 9.85. The Morgan fingerprint density at radius 3 is 2.08 bits per heavy atom. The third-order valence-corrected chi connectivity index (χ3v) is 7.82. The quantitative estimate of drug-likeness (QED) is 0.503. The summed E-state index contributed by atoms with van der Waals surface area (Å²) in [6, 6.07) is 0.135. The van der Waals surface area contributed by atoms with Gasteiger partial charge in [-0.3, -0.25) is 24.3 Å². The van der Waals surface area contributed by atoms with E-state index >= 15 is 0 Å². The molecule has 7 nitrogen and oxygen atoms in total. The second-order valence-corrected chi connectivity index (χ2v) is 9.84. The average Bonchev–Trinajstić information content (AvgIpc) is 3.09. The highest BCUT2D eigenvalue weighted by Crippen LogP contribution is 2.35. The van der Waals surface area contributed by atoms with Gasteiger partial charge in [-0.25, -0.2) is 8.42 Å².